The summed E-state index contributed by atoms with van der Waals surface area (Å²) in [6.45, 7) is 0.745. The van der Waals surface area contributed by atoms with E-state index in [1.54, 1.807) is 0 Å². The fourth-order valence-corrected chi connectivity index (χ4v) is 11.7. The Morgan fingerprint density at radius 2 is 1.11 bits per heavy atom. The molecule has 0 aliphatic heterocycles. The van der Waals surface area contributed by atoms with Crippen molar-refractivity contribution < 1.29 is 19.7 Å². The molecule has 2 aromatic rings. The van der Waals surface area contributed by atoms with Crippen molar-refractivity contribution in [2.75, 3.05) is 26.4 Å². The first kappa shape index (κ1) is 24.1. The van der Waals surface area contributed by atoms with Crippen molar-refractivity contribution in [3.05, 3.63) is 35.4 Å². The van der Waals surface area contributed by atoms with E-state index in [1.165, 1.54) is 98.9 Å². The molecule has 0 saturated heterocycles. The molecule has 2 N–H and O–H groups in total. The normalized spacial score (nSPS) is 40.3. The number of rotatable bonds is 8. The summed E-state index contributed by atoms with van der Waals surface area (Å²) >= 11 is 0. The van der Waals surface area contributed by atoms with Gasteiger partial charge < -0.3 is 19.7 Å². The molecular formula is C34H44O4. The second-order valence-corrected chi connectivity index (χ2v) is 14.5. The summed E-state index contributed by atoms with van der Waals surface area (Å²) in [6.07, 6.45) is 16.4. The highest BCUT2D eigenvalue weighted by Gasteiger charge is 2.55. The Hall–Kier alpha value is -1.78. The average Bonchev–Trinajstić information content (AvgIpc) is 2.88. The van der Waals surface area contributed by atoms with Gasteiger partial charge >= 0.3 is 0 Å². The fourth-order valence-electron chi connectivity index (χ4n) is 11.7. The van der Waals surface area contributed by atoms with Crippen LogP contribution in [0, 0.1) is 35.5 Å². The molecule has 204 valence electrons. The Bertz CT molecular complexity index is 1160. The SMILES string of the molecule is OCCOc1ccc2c(C34CC5CC(CC(C5)C3)C4)cc(OCCO)c(C34CC5CC(CC(C5)C3)C4)c2c1. The van der Waals surface area contributed by atoms with E-state index in [-0.39, 0.29) is 24.0 Å². The van der Waals surface area contributed by atoms with E-state index in [0.717, 1.165) is 47.0 Å². The molecule has 0 heterocycles. The number of aliphatic hydroxyl groups excluding tert-OH is 2. The predicted molar refractivity (Wildman–Crippen MR) is 149 cm³/mol. The smallest absolute Gasteiger partial charge is 0.124 e. The van der Waals surface area contributed by atoms with Crippen LogP contribution in [-0.4, -0.2) is 36.6 Å². The Kier molecular flexibility index (Phi) is 5.61. The Morgan fingerprint density at radius 1 is 0.605 bits per heavy atom. The maximum atomic E-state index is 9.84. The summed E-state index contributed by atoms with van der Waals surface area (Å²) in [4.78, 5) is 0. The summed E-state index contributed by atoms with van der Waals surface area (Å²) < 4.78 is 12.6. The third-order valence-corrected chi connectivity index (χ3v) is 12.0. The van der Waals surface area contributed by atoms with Crippen LogP contribution < -0.4 is 9.47 Å². The fraction of sp³-hybridized carbons (Fsp3) is 0.706. The van der Waals surface area contributed by atoms with Crippen LogP contribution in [0.4, 0.5) is 0 Å². The molecule has 0 amide bonds. The van der Waals surface area contributed by atoms with Crippen LogP contribution in [0.1, 0.15) is 88.2 Å². The first-order valence-corrected chi connectivity index (χ1v) is 15.7. The van der Waals surface area contributed by atoms with Gasteiger partial charge in [-0.3, -0.25) is 0 Å². The molecule has 0 radical (unpaired) electrons. The number of benzene rings is 2. The van der Waals surface area contributed by atoms with Gasteiger partial charge in [0, 0.05) is 11.0 Å². The molecule has 8 fully saturated rings. The monoisotopic (exact) mass is 516 g/mol. The predicted octanol–water partition coefficient (Wildman–Crippen LogP) is 6.52. The first-order chi connectivity index (χ1) is 18.6. The van der Waals surface area contributed by atoms with Crippen LogP contribution in [-0.2, 0) is 10.8 Å². The largest absolute Gasteiger partial charge is 0.491 e. The van der Waals surface area contributed by atoms with Gasteiger partial charge in [0.1, 0.15) is 24.7 Å². The van der Waals surface area contributed by atoms with E-state index < -0.39 is 0 Å². The molecule has 8 saturated carbocycles. The van der Waals surface area contributed by atoms with Gasteiger partial charge in [-0.2, -0.15) is 0 Å². The summed E-state index contributed by atoms with van der Waals surface area (Å²) in [6, 6.07) is 9.25. The lowest BCUT2D eigenvalue weighted by atomic mass is 9.46. The van der Waals surface area contributed by atoms with Crippen molar-refractivity contribution in [1.82, 2.24) is 0 Å². The Morgan fingerprint density at radius 3 is 1.63 bits per heavy atom. The number of aliphatic hydroxyl groups is 2. The van der Waals surface area contributed by atoms with Crippen molar-refractivity contribution in [2.24, 2.45) is 35.5 Å². The zero-order valence-corrected chi connectivity index (χ0v) is 22.8. The van der Waals surface area contributed by atoms with E-state index in [9.17, 15) is 10.2 Å². The number of hydrogen-bond donors (Lipinski definition) is 2. The molecule has 0 atom stereocenters. The van der Waals surface area contributed by atoms with Gasteiger partial charge in [-0.15, -0.1) is 0 Å². The molecule has 38 heavy (non-hydrogen) atoms. The van der Waals surface area contributed by atoms with E-state index in [4.69, 9.17) is 9.47 Å². The third-order valence-electron chi connectivity index (χ3n) is 12.0. The maximum absolute atomic E-state index is 9.84. The van der Waals surface area contributed by atoms with Gasteiger partial charge in [-0.25, -0.2) is 0 Å². The van der Waals surface area contributed by atoms with Gasteiger partial charge in [-0.1, -0.05) is 6.07 Å². The number of hydrogen-bond acceptors (Lipinski definition) is 4. The highest BCUT2D eigenvalue weighted by Crippen LogP contribution is 2.65. The molecule has 4 nitrogen and oxygen atoms in total. The second-order valence-electron chi connectivity index (χ2n) is 14.5. The standard InChI is InChI=1S/C34H44O4/c35-3-5-37-27-1-2-28-29(13-27)32(34-18-24-10-25(19-34)12-26(11-24)20-34)31(38-6-4-36)14-30(28)33-15-21-7-22(16-33)9-23(8-21)17-33/h1-2,13-14,21-26,35-36H,3-12,15-20H2. The number of fused-ring (bicyclic) bond motifs is 1. The van der Waals surface area contributed by atoms with Crippen molar-refractivity contribution in [1.29, 1.82) is 0 Å². The van der Waals surface area contributed by atoms with Crippen molar-refractivity contribution in [2.45, 2.75) is 87.9 Å². The van der Waals surface area contributed by atoms with Crippen molar-refractivity contribution >= 4 is 10.8 Å². The topological polar surface area (TPSA) is 58.9 Å². The molecule has 0 aromatic heterocycles. The van der Waals surface area contributed by atoms with Crippen LogP contribution in [0.3, 0.4) is 0 Å². The summed E-state index contributed by atoms with van der Waals surface area (Å²) in [5, 5.41) is 22.1. The Balaban J connectivity index is 1.35. The minimum atomic E-state index is 0.0258. The van der Waals surface area contributed by atoms with E-state index in [1.807, 2.05) is 0 Å². The highest BCUT2D eigenvalue weighted by atomic mass is 16.5. The minimum Gasteiger partial charge on any atom is -0.491 e. The summed E-state index contributed by atoms with van der Waals surface area (Å²) in [5.41, 5.74) is 3.37. The molecule has 8 aliphatic carbocycles. The van der Waals surface area contributed by atoms with Gasteiger partial charge in [0.05, 0.1) is 13.2 Å². The minimum absolute atomic E-state index is 0.0258. The van der Waals surface area contributed by atoms with Gasteiger partial charge in [0.2, 0.25) is 0 Å². The lowest BCUT2D eigenvalue weighted by molar-refractivity contribution is -0.00705. The van der Waals surface area contributed by atoms with E-state index in [2.05, 4.69) is 24.3 Å². The maximum Gasteiger partial charge on any atom is 0.124 e. The highest BCUT2D eigenvalue weighted by molar-refractivity contribution is 5.94. The molecule has 2 aromatic carbocycles. The zero-order chi connectivity index (χ0) is 25.5. The summed E-state index contributed by atoms with van der Waals surface area (Å²) in [5.74, 6) is 7.09. The van der Waals surface area contributed by atoms with Crippen LogP contribution in [0.2, 0.25) is 0 Å². The zero-order valence-electron chi connectivity index (χ0n) is 22.8. The first-order valence-electron chi connectivity index (χ1n) is 15.7. The van der Waals surface area contributed by atoms with Gasteiger partial charge in [0.15, 0.2) is 0 Å². The molecular weight excluding hydrogens is 472 g/mol. The van der Waals surface area contributed by atoms with E-state index in [0.29, 0.717) is 13.2 Å². The van der Waals surface area contributed by atoms with Crippen LogP contribution in [0.25, 0.3) is 10.8 Å². The third kappa shape index (κ3) is 3.69. The van der Waals surface area contributed by atoms with Gasteiger partial charge in [-0.05, 0) is 153 Å². The second kappa shape index (κ2) is 8.86. The molecule has 0 spiro atoms. The van der Waals surface area contributed by atoms with Gasteiger partial charge in [0.25, 0.3) is 0 Å². The van der Waals surface area contributed by atoms with Crippen LogP contribution in [0.15, 0.2) is 24.3 Å². The van der Waals surface area contributed by atoms with Crippen LogP contribution in [0.5, 0.6) is 11.5 Å². The quantitative estimate of drug-likeness (QED) is 0.420. The lowest BCUT2D eigenvalue weighted by Crippen LogP contribution is -2.49. The summed E-state index contributed by atoms with van der Waals surface area (Å²) in [7, 11) is 0. The van der Waals surface area contributed by atoms with Crippen LogP contribution >= 0.6 is 0 Å². The average molecular weight is 517 g/mol. The molecule has 4 heteroatoms. The molecule has 0 unspecified atom stereocenters. The molecule has 8 bridgehead atoms. The lowest BCUT2D eigenvalue weighted by Gasteiger charge is -2.58. The number of ether oxygens (including phenoxy) is 2. The van der Waals surface area contributed by atoms with Crippen molar-refractivity contribution in [3.8, 4) is 11.5 Å². The van der Waals surface area contributed by atoms with E-state index >= 15 is 0 Å². The molecule has 10 rings (SSSR count). The molecule has 8 aliphatic rings. The van der Waals surface area contributed by atoms with Crippen molar-refractivity contribution in [3.63, 3.8) is 0 Å². The Labute approximate surface area is 227 Å².